The molecule has 0 aliphatic heterocycles. The van der Waals surface area contributed by atoms with Gasteiger partial charge in [-0.15, -0.1) is 0 Å². The van der Waals surface area contributed by atoms with Gasteiger partial charge in [0.15, 0.2) is 0 Å². The lowest BCUT2D eigenvalue weighted by Crippen LogP contribution is -1.93. The third-order valence-corrected chi connectivity index (χ3v) is 3.52. The molecule has 0 radical (unpaired) electrons. The number of alkyl halides is 1. The first kappa shape index (κ1) is 18.4. The van der Waals surface area contributed by atoms with Crippen molar-refractivity contribution >= 4 is 5.97 Å². The summed E-state index contributed by atoms with van der Waals surface area (Å²) in [5.74, 6) is -0.675. The molecule has 0 saturated heterocycles. The fraction of sp³-hybridized carbons (Fsp3) is 0.938. The van der Waals surface area contributed by atoms with Crippen molar-refractivity contribution in [3.05, 3.63) is 0 Å². The second kappa shape index (κ2) is 15.5. The highest BCUT2D eigenvalue weighted by Gasteiger charge is 1.97. The molecule has 0 amide bonds. The quantitative estimate of drug-likeness (QED) is 0.400. The molecule has 0 aromatic rings. The maximum absolute atomic E-state index is 11.8. The van der Waals surface area contributed by atoms with E-state index < -0.39 is 5.97 Å². The molecule has 0 unspecified atom stereocenters. The Balaban J connectivity index is 2.93. The number of halogens is 1. The van der Waals surface area contributed by atoms with Crippen LogP contribution in [0.15, 0.2) is 0 Å². The van der Waals surface area contributed by atoms with Gasteiger partial charge in [-0.3, -0.25) is 9.18 Å². The Kier molecular flexibility index (Phi) is 15.0. The molecule has 0 aromatic carbocycles. The zero-order valence-corrected chi connectivity index (χ0v) is 12.3. The second-order valence-corrected chi connectivity index (χ2v) is 5.43. The number of carbonyl (C=O) groups is 1. The monoisotopic (exact) mass is 274 g/mol. The van der Waals surface area contributed by atoms with Crippen molar-refractivity contribution < 1.29 is 14.3 Å². The average Bonchev–Trinajstić information content (AvgIpc) is 2.39. The molecule has 2 nitrogen and oxygen atoms in total. The van der Waals surface area contributed by atoms with E-state index in [1.165, 1.54) is 57.8 Å². The molecule has 0 aliphatic carbocycles. The van der Waals surface area contributed by atoms with Gasteiger partial charge in [-0.05, 0) is 12.8 Å². The van der Waals surface area contributed by atoms with Crippen molar-refractivity contribution in [1.82, 2.24) is 0 Å². The highest BCUT2D eigenvalue weighted by Crippen LogP contribution is 2.12. The molecule has 0 fully saturated rings. The Morgan fingerprint density at radius 3 is 1.26 bits per heavy atom. The number of carboxylic acids is 1. The van der Waals surface area contributed by atoms with E-state index in [1.807, 2.05) is 0 Å². The van der Waals surface area contributed by atoms with Crippen molar-refractivity contribution in [2.45, 2.75) is 89.9 Å². The Hall–Kier alpha value is -0.600. The molecule has 3 heteroatoms. The predicted octanol–water partition coefficient (Wildman–Crippen LogP) is 5.50. The Bertz CT molecular complexity index is 195. The molecule has 114 valence electrons. The minimum absolute atomic E-state index is 0.160. The number of hydrogen-bond acceptors (Lipinski definition) is 1. The summed E-state index contributed by atoms with van der Waals surface area (Å²) >= 11 is 0. The number of rotatable bonds is 15. The van der Waals surface area contributed by atoms with Gasteiger partial charge in [0.05, 0.1) is 6.67 Å². The molecule has 0 aromatic heterocycles. The minimum atomic E-state index is -0.675. The smallest absolute Gasteiger partial charge is 0.303 e. The van der Waals surface area contributed by atoms with E-state index in [-0.39, 0.29) is 6.67 Å². The van der Waals surface area contributed by atoms with Crippen LogP contribution in [0.25, 0.3) is 0 Å². The van der Waals surface area contributed by atoms with Gasteiger partial charge < -0.3 is 5.11 Å². The first-order chi connectivity index (χ1) is 9.27. The Morgan fingerprint density at radius 2 is 0.947 bits per heavy atom. The van der Waals surface area contributed by atoms with Gasteiger partial charge in [-0.1, -0.05) is 70.6 Å². The standard InChI is InChI=1S/C16H31FO2/c17-15-13-11-9-7-5-3-1-2-4-6-8-10-12-14-16(18)19/h1-15H2,(H,18,19). The van der Waals surface area contributed by atoms with Crippen LogP contribution in [-0.2, 0) is 4.79 Å². The zero-order valence-electron chi connectivity index (χ0n) is 12.3. The fourth-order valence-electron chi connectivity index (χ4n) is 2.32. The number of hydrogen-bond donors (Lipinski definition) is 1. The molecular formula is C16H31FO2. The van der Waals surface area contributed by atoms with Crippen molar-refractivity contribution in [3.8, 4) is 0 Å². The molecular weight excluding hydrogens is 243 g/mol. The van der Waals surface area contributed by atoms with Gasteiger partial charge in [0.25, 0.3) is 0 Å². The summed E-state index contributed by atoms with van der Waals surface area (Å²) in [5.41, 5.74) is 0. The van der Waals surface area contributed by atoms with Crippen LogP contribution in [0.4, 0.5) is 4.39 Å². The van der Waals surface area contributed by atoms with Crippen LogP contribution < -0.4 is 0 Å². The Morgan fingerprint density at radius 1 is 0.632 bits per heavy atom. The van der Waals surface area contributed by atoms with E-state index in [2.05, 4.69) is 0 Å². The van der Waals surface area contributed by atoms with Crippen LogP contribution in [0.3, 0.4) is 0 Å². The van der Waals surface area contributed by atoms with Gasteiger partial charge in [0.1, 0.15) is 0 Å². The van der Waals surface area contributed by atoms with E-state index in [4.69, 9.17) is 5.11 Å². The molecule has 0 atom stereocenters. The van der Waals surface area contributed by atoms with Gasteiger partial charge in [0, 0.05) is 6.42 Å². The zero-order chi connectivity index (χ0) is 14.2. The number of unbranched alkanes of at least 4 members (excludes halogenated alkanes) is 12. The van der Waals surface area contributed by atoms with Crippen LogP contribution in [-0.4, -0.2) is 17.8 Å². The SMILES string of the molecule is O=C(O)CCCCCCCCCCCCCCCF. The molecule has 1 N–H and O–H groups in total. The van der Waals surface area contributed by atoms with Crippen molar-refractivity contribution in [3.63, 3.8) is 0 Å². The first-order valence-electron chi connectivity index (χ1n) is 8.05. The third-order valence-electron chi connectivity index (χ3n) is 3.52. The molecule has 0 saturated carbocycles. The summed E-state index contributed by atoms with van der Waals surface area (Å²) in [6.07, 6.45) is 15.4. The highest BCUT2D eigenvalue weighted by molar-refractivity contribution is 5.66. The van der Waals surface area contributed by atoms with E-state index in [1.54, 1.807) is 0 Å². The summed E-state index contributed by atoms with van der Waals surface area (Å²) < 4.78 is 11.8. The summed E-state index contributed by atoms with van der Waals surface area (Å²) in [4.78, 5) is 10.3. The number of carboxylic acid groups (broad SMARTS) is 1. The summed E-state index contributed by atoms with van der Waals surface area (Å²) in [6, 6.07) is 0. The normalized spacial score (nSPS) is 10.8. The lowest BCUT2D eigenvalue weighted by molar-refractivity contribution is -0.137. The van der Waals surface area contributed by atoms with Crippen LogP contribution in [0.5, 0.6) is 0 Å². The largest absolute Gasteiger partial charge is 0.481 e. The lowest BCUT2D eigenvalue weighted by Gasteiger charge is -2.02. The summed E-state index contributed by atoms with van der Waals surface area (Å²) in [5, 5.41) is 8.49. The topological polar surface area (TPSA) is 37.3 Å². The van der Waals surface area contributed by atoms with Gasteiger partial charge in [0.2, 0.25) is 0 Å². The molecule has 19 heavy (non-hydrogen) atoms. The van der Waals surface area contributed by atoms with Crippen molar-refractivity contribution in [2.24, 2.45) is 0 Å². The summed E-state index contributed by atoms with van der Waals surface area (Å²) in [7, 11) is 0. The molecule has 0 rings (SSSR count). The van der Waals surface area contributed by atoms with E-state index in [0.717, 1.165) is 25.7 Å². The lowest BCUT2D eigenvalue weighted by atomic mass is 10.0. The van der Waals surface area contributed by atoms with Crippen LogP contribution in [0, 0.1) is 0 Å². The Labute approximate surface area is 117 Å². The first-order valence-corrected chi connectivity index (χ1v) is 8.05. The van der Waals surface area contributed by atoms with E-state index >= 15 is 0 Å². The molecule has 0 spiro atoms. The molecule has 0 heterocycles. The maximum Gasteiger partial charge on any atom is 0.303 e. The minimum Gasteiger partial charge on any atom is -0.481 e. The van der Waals surface area contributed by atoms with Crippen LogP contribution in [0.2, 0.25) is 0 Å². The van der Waals surface area contributed by atoms with Crippen molar-refractivity contribution in [2.75, 3.05) is 6.67 Å². The second-order valence-electron chi connectivity index (χ2n) is 5.43. The predicted molar refractivity (Wildman–Crippen MR) is 78.2 cm³/mol. The summed E-state index contributed by atoms with van der Waals surface area (Å²) in [6.45, 7) is -0.160. The van der Waals surface area contributed by atoms with Gasteiger partial charge in [-0.25, -0.2) is 0 Å². The fourth-order valence-corrected chi connectivity index (χ4v) is 2.32. The van der Waals surface area contributed by atoms with E-state index in [9.17, 15) is 9.18 Å². The third kappa shape index (κ3) is 17.4. The highest BCUT2D eigenvalue weighted by atomic mass is 19.1. The van der Waals surface area contributed by atoms with Crippen LogP contribution >= 0.6 is 0 Å². The maximum atomic E-state index is 11.8. The molecule has 0 aliphatic rings. The number of aliphatic carboxylic acids is 1. The van der Waals surface area contributed by atoms with Crippen LogP contribution in [0.1, 0.15) is 89.9 Å². The average molecular weight is 274 g/mol. The molecule has 0 bridgehead atoms. The van der Waals surface area contributed by atoms with Gasteiger partial charge in [-0.2, -0.15) is 0 Å². The van der Waals surface area contributed by atoms with E-state index in [0.29, 0.717) is 6.42 Å². The van der Waals surface area contributed by atoms with Gasteiger partial charge >= 0.3 is 5.97 Å². The van der Waals surface area contributed by atoms with Crippen molar-refractivity contribution in [1.29, 1.82) is 0 Å².